The maximum absolute atomic E-state index is 13.2. The van der Waals surface area contributed by atoms with Crippen LogP contribution in [0.3, 0.4) is 0 Å². The van der Waals surface area contributed by atoms with E-state index >= 15 is 0 Å². The molecule has 0 spiro atoms. The first-order chi connectivity index (χ1) is 15.3. The largest absolute Gasteiger partial charge is 0.450 e. The van der Waals surface area contributed by atoms with Gasteiger partial charge in [-0.05, 0) is 48.9 Å². The van der Waals surface area contributed by atoms with E-state index in [0.717, 1.165) is 54.5 Å². The minimum absolute atomic E-state index is 0.0593. The summed E-state index contributed by atoms with van der Waals surface area (Å²) in [6.07, 6.45) is 5.45. The number of hydrogen-bond acceptors (Lipinski definition) is 5. The van der Waals surface area contributed by atoms with Crippen LogP contribution >= 0.6 is 0 Å². The molecule has 0 saturated carbocycles. The predicted octanol–water partition coefficient (Wildman–Crippen LogP) is 4.40. The molecule has 0 bridgehead atoms. The Kier molecular flexibility index (Phi) is 4.37. The number of fused-ring (bicyclic) bond motifs is 4. The Morgan fingerprint density at radius 3 is 2.90 bits per heavy atom. The van der Waals surface area contributed by atoms with Crippen LogP contribution in [-0.4, -0.2) is 29.0 Å². The second-order valence-corrected chi connectivity index (χ2v) is 8.56. The van der Waals surface area contributed by atoms with Crippen LogP contribution in [0, 0.1) is 5.92 Å². The maximum Gasteiger partial charge on any atom is 0.225 e. The van der Waals surface area contributed by atoms with E-state index in [1.165, 1.54) is 11.1 Å². The fraction of sp³-hybridized carbons (Fsp3) is 0.320. The van der Waals surface area contributed by atoms with Gasteiger partial charge in [-0.2, -0.15) is 0 Å². The molecule has 6 nitrogen and oxygen atoms in total. The maximum atomic E-state index is 13.2. The van der Waals surface area contributed by atoms with E-state index < -0.39 is 0 Å². The van der Waals surface area contributed by atoms with Crippen molar-refractivity contribution in [2.75, 3.05) is 18.0 Å². The molecule has 1 N–H and O–H groups in total. The van der Waals surface area contributed by atoms with Gasteiger partial charge in [0.25, 0.3) is 0 Å². The molecule has 2 aromatic carbocycles. The Labute approximate surface area is 180 Å². The monoisotopic (exact) mass is 412 g/mol. The Bertz CT molecular complexity index is 1280. The number of hydrogen-bond donors (Lipinski definition) is 1. The Hall–Kier alpha value is -3.41. The van der Waals surface area contributed by atoms with Crippen LogP contribution in [0.1, 0.15) is 36.4 Å². The van der Waals surface area contributed by atoms with Gasteiger partial charge in [-0.25, -0.2) is 9.97 Å². The number of furan rings is 1. The molecular formula is C25H24N4O2. The fourth-order valence-corrected chi connectivity index (χ4v) is 5.12. The Morgan fingerprint density at radius 1 is 1.06 bits per heavy atom. The van der Waals surface area contributed by atoms with Crippen molar-refractivity contribution in [2.24, 2.45) is 5.92 Å². The first kappa shape index (κ1) is 18.4. The summed E-state index contributed by atoms with van der Waals surface area (Å²) < 4.78 is 6.11. The molecular weight excluding hydrogens is 388 g/mol. The van der Waals surface area contributed by atoms with Gasteiger partial charge in [0.05, 0.1) is 12.0 Å². The van der Waals surface area contributed by atoms with Gasteiger partial charge in [-0.15, -0.1) is 0 Å². The smallest absolute Gasteiger partial charge is 0.225 e. The summed E-state index contributed by atoms with van der Waals surface area (Å²) in [6, 6.07) is 16.5. The van der Waals surface area contributed by atoms with E-state index in [4.69, 9.17) is 4.42 Å². The second kappa shape index (κ2) is 7.38. The average molecular weight is 412 g/mol. The molecule has 6 heteroatoms. The summed E-state index contributed by atoms with van der Waals surface area (Å²) in [7, 11) is 0. The van der Waals surface area contributed by atoms with Crippen molar-refractivity contribution in [1.29, 1.82) is 0 Å². The lowest BCUT2D eigenvalue weighted by Gasteiger charge is -2.33. The van der Waals surface area contributed by atoms with Crippen LogP contribution in [0.25, 0.3) is 22.1 Å². The van der Waals surface area contributed by atoms with Gasteiger partial charge in [0.1, 0.15) is 17.4 Å². The van der Waals surface area contributed by atoms with Crippen LogP contribution in [0.5, 0.6) is 0 Å². The molecule has 0 radical (unpaired) electrons. The van der Waals surface area contributed by atoms with Crippen molar-refractivity contribution in [2.45, 2.75) is 31.7 Å². The number of anilines is 1. The van der Waals surface area contributed by atoms with E-state index in [9.17, 15) is 4.79 Å². The molecule has 2 aliphatic rings. The SMILES string of the molecule is O=C(N[C@@H]1CCc2ccccc21)[C@H]1CCCN(c2ncnc3c2oc2ccccc23)C1. The quantitative estimate of drug-likeness (QED) is 0.540. The molecule has 1 aliphatic heterocycles. The predicted molar refractivity (Wildman–Crippen MR) is 120 cm³/mol. The topological polar surface area (TPSA) is 71.3 Å². The summed E-state index contributed by atoms with van der Waals surface area (Å²) >= 11 is 0. The lowest BCUT2D eigenvalue weighted by atomic mass is 9.96. The fourth-order valence-electron chi connectivity index (χ4n) is 5.12. The third-order valence-electron chi connectivity index (χ3n) is 6.68. The number of piperidine rings is 1. The van der Waals surface area contributed by atoms with Crippen molar-refractivity contribution in [3.05, 3.63) is 66.0 Å². The van der Waals surface area contributed by atoms with Crippen LogP contribution in [0.4, 0.5) is 5.82 Å². The average Bonchev–Trinajstić information content (AvgIpc) is 3.40. The van der Waals surface area contributed by atoms with Crippen LogP contribution in [0.2, 0.25) is 0 Å². The van der Waals surface area contributed by atoms with E-state index in [1.807, 2.05) is 24.3 Å². The molecule has 2 atom stereocenters. The van der Waals surface area contributed by atoms with Gasteiger partial charge in [0.15, 0.2) is 11.4 Å². The molecule has 2 aromatic heterocycles. The Balaban J connectivity index is 1.24. The van der Waals surface area contributed by atoms with Crippen molar-refractivity contribution >= 4 is 33.8 Å². The zero-order chi connectivity index (χ0) is 20.8. The van der Waals surface area contributed by atoms with Crippen LogP contribution < -0.4 is 10.2 Å². The Morgan fingerprint density at radius 2 is 1.94 bits per heavy atom. The van der Waals surface area contributed by atoms with Gasteiger partial charge in [0.2, 0.25) is 5.91 Å². The summed E-state index contributed by atoms with van der Waals surface area (Å²) in [5.41, 5.74) is 4.96. The van der Waals surface area contributed by atoms with Crippen molar-refractivity contribution in [1.82, 2.24) is 15.3 Å². The van der Waals surface area contributed by atoms with E-state index in [0.29, 0.717) is 12.1 Å². The lowest BCUT2D eigenvalue weighted by molar-refractivity contribution is -0.126. The molecule has 0 unspecified atom stereocenters. The molecule has 1 saturated heterocycles. The summed E-state index contributed by atoms with van der Waals surface area (Å²) in [4.78, 5) is 24.3. The highest BCUT2D eigenvalue weighted by molar-refractivity contribution is 6.05. The molecule has 1 fully saturated rings. The highest BCUT2D eigenvalue weighted by Crippen LogP contribution is 2.35. The van der Waals surface area contributed by atoms with E-state index in [2.05, 4.69) is 44.5 Å². The normalized spacial score (nSPS) is 20.8. The van der Waals surface area contributed by atoms with Gasteiger partial charge in [-0.3, -0.25) is 4.79 Å². The van der Waals surface area contributed by atoms with E-state index in [-0.39, 0.29) is 17.9 Å². The van der Waals surface area contributed by atoms with Gasteiger partial charge < -0.3 is 14.6 Å². The number of benzene rings is 2. The number of nitrogens with zero attached hydrogens (tertiary/aromatic N) is 3. The molecule has 4 aromatic rings. The van der Waals surface area contributed by atoms with Crippen molar-refractivity contribution < 1.29 is 9.21 Å². The number of aryl methyl sites for hydroxylation is 1. The van der Waals surface area contributed by atoms with Gasteiger partial charge in [-0.1, -0.05) is 36.4 Å². The van der Waals surface area contributed by atoms with E-state index in [1.54, 1.807) is 6.33 Å². The number of para-hydroxylation sites is 1. The number of carbonyl (C=O) groups is 1. The molecule has 31 heavy (non-hydrogen) atoms. The lowest BCUT2D eigenvalue weighted by Crippen LogP contribution is -2.44. The van der Waals surface area contributed by atoms with Gasteiger partial charge >= 0.3 is 0 Å². The highest BCUT2D eigenvalue weighted by atomic mass is 16.3. The minimum Gasteiger partial charge on any atom is -0.450 e. The summed E-state index contributed by atoms with van der Waals surface area (Å²) in [6.45, 7) is 1.50. The van der Waals surface area contributed by atoms with Gasteiger partial charge in [0, 0.05) is 18.5 Å². The zero-order valence-corrected chi connectivity index (χ0v) is 17.3. The molecule has 1 aliphatic carbocycles. The van der Waals surface area contributed by atoms with Crippen molar-refractivity contribution in [3.8, 4) is 0 Å². The zero-order valence-electron chi connectivity index (χ0n) is 17.3. The molecule has 6 rings (SSSR count). The molecule has 1 amide bonds. The molecule has 3 heterocycles. The third kappa shape index (κ3) is 3.14. The number of carbonyl (C=O) groups excluding carboxylic acids is 1. The standard InChI is InChI=1S/C25H24N4O2/c30-25(28-20-12-11-16-6-1-2-8-18(16)20)17-7-5-13-29(14-17)24-23-22(26-15-27-24)19-9-3-4-10-21(19)31-23/h1-4,6,8-10,15,17,20H,5,7,11-14H2,(H,28,30)/t17-,20+/m0/s1. The summed E-state index contributed by atoms with van der Waals surface area (Å²) in [5.74, 6) is 0.863. The van der Waals surface area contributed by atoms with Crippen LogP contribution in [-0.2, 0) is 11.2 Å². The number of aromatic nitrogens is 2. The first-order valence-electron chi connectivity index (χ1n) is 11.0. The number of amides is 1. The summed E-state index contributed by atoms with van der Waals surface area (Å²) in [5, 5.41) is 4.31. The minimum atomic E-state index is -0.0593. The van der Waals surface area contributed by atoms with Crippen molar-refractivity contribution in [3.63, 3.8) is 0 Å². The highest BCUT2D eigenvalue weighted by Gasteiger charge is 2.31. The molecule has 156 valence electrons. The number of rotatable bonds is 3. The first-order valence-corrected chi connectivity index (χ1v) is 11.0. The number of nitrogens with one attached hydrogen (secondary N) is 1. The van der Waals surface area contributed by atoms with Crippen LogP contribution in [0.15, 0.2) is 59.3 Å². The second-order valence-electron chi connectivity index (χ2n) is 8.56. The third-order valence-corrected chi connectivity index (χ3v) is 6.68.